The van der Waals surface area contributed by atoms with Gasteiger partial charge in [0, 0.05) is 30.3 Å². The van der Waals surface area contributed by atoms with Crippen molar-refractivity contribution in [2.24, 2.45) is 0 Å². The first-order valence-corrected chi connectivity index (χ1v) is 6.11. The number of non-ortho nitro benzene ring substituents is 1. The zero-order valence-electron chi connectivity index (χ0n) is 11.1. The normalized spacial score (nSPS) is 10.1. The van der Waals surface area contributed by atoms with Crippen molar-refractivity contribution in [2.75, 3.05) is 0 Å². The molecule has 0 fully saturated rings. The molecule has 0 aliphatic rings. The molecule has 0 aliphatic carbocycles. The van der Waals surface area contributed by atoms with Crippen molar-refractivity contribution in [3.63, 3.8) is 0 Å². The van der Waals surface area contributed by atoms with Gasteiger partial charge in [0.1, 0.15) is 11.6 Å². The second kappa shape index (κ2) is 5.46. The van der Waals surface area contributed by atoms with Crippen LogP contribution in [0.4, 0.5) is 5.69 Å². The fourth-order valence-electron chi connectivity index (χ4n) is 2.06. The molecule has 7 heteroatoms. The molecule has 0 saturated carbocycles. The largest absolute Gasteiger partial charge is 0.493 e. The van der Waals surface area contributed by atoms with E-state index in [1.807, 2.05) is 6.07 Å². The fraction of sp³-hybridized carbons (Fsp3) is 0.143. The molecule has 0 amide bonds. The Bertz CT molecular complexity index is 818. The van der Waals surface area contributed by atoms with Crippen LogP contribution >= 0.6 is 0 Å². The van der Waals surface area contributed by atoms with Crippen LogP contribution in [0.25, 0.3) is 11.1 Å². The zero-order valence-corrected chi connectivity index (χ0v) is 11.1. The van der Waals surface area contributed by atoms with Crippen LogP contribution in [0, 0.1) is 21.4 Å². The van der Waals surface area contributed by atoms with Crippen molar-refractivity contribution in [1.29, 1.82) is 5.26 Å². The van der Waals surface area contributed by atoms with Crippen molar-refractivity contribution in [3.05, 3.63) is 56.4 Å². The topological polar surface area (TPSA) is 109 Å². The highest BCUT2D eigenvalue weighted by molar-refractivity contribution is 5.73. The highest BCUT2D eigenvalue weighted by Gasteiger charge is 2.17. The van der Waals surface area contributed by atoms with E-state index in [2.05, 4.69) is 0 Å². The van der Waals surface area contributed by atoms with E-state index in [0.29, 0.717) is 5.56 Å². The Balaban J connectivity index is 2.76. The second-order valence-electron chi connectivity index (χ2n) is 4.26. The van der Waals surface area contributed by atoms with E-state index < -0.39 is 16.4 Å². The van der Waals surface area contributed by atoms with Crippen molar-refractivity contribution in [3.8, 4) is 23.1 Å². The summed E-state index contributed by atoms with van der Waals surface area (Å²) < 4.78 is 1.05. The lowest BCUT2D eigenvalue weighted by Crippen LogP contribution is -2.19. The predicted octanol–water partition coefficient (Wildman–Crippen LogP) is 2.02. The molecule has 7 nitrogen and oxygen atoms in total. The van der Waals surface area contributed by atoms with Crippen molar-refractivity contribution in [1.82, 2.24) is 4.57 Å². The Morgan fingerprint density at radius 1 is 1.43 bits per heavy atom. The summed E-state index contributed by atoms with van der Waals surface area (Å²) in [4.78, 5) is 22.1. The van der Waals surface area contributed by atoms with Gasteiger partial charge in [0.05, 0.1) is 4.92 Å². The van der Waals surface area contributed by atoms with E-state index in [0.717, 1.165) is 4.57 Å². The van der Waals surface area contributed by atoms with Gasteiger partial charge in [-0.3, -0.25) is 19.5 Å². The molecule has 0 radical (unpaired) electrons. The first-order valence-electron chi connectivity index (χ1n) is 6.11. The van der Waals surface area contributed by atoms with Crippen molar-refractivity contribution >= 4 is 5.69 Å². The number of nitro benzene ring substituents is 1. The van der Waals surface area contributed by atoms with Gasteiger partial charge < -0.3 is 5.11 Å². The smallest absolute Gasteiger partial charge is 0.270 e. The number of aromatic hydroxyl groups is 1. The summed E-state index contributed by atoms with van der Waals surface area (Å²) in [7, 11) is 0. The molecule has 0 spiro atoms. The number of aromatic nitrogens is 1. The average molecular weight is 285 g/mol. The van der Waals surface area contributed by atoms with E-state index in [4.69, 9.17) is 0 Å². The van der Waals surface area contributed by atoms with Crippen LogP contribution in [-0.2, 0) is 6.54 Å². The van der Waals surface area contributed by atoms with E-state index in [1.165, 1.54) is 24.3 Å². The van der Waals surface area contributed by atoms with Crippen LogP contribution in [0.1, 0.15) is 12.5 Å². The van der Waals surface area contributed by atoms with Gasteiger partial charge in [-0.05, 0) is 12.5 Å². The first-order chi connectivity index (χ1) is 9.99. The lowest BCUT2D eigenvalue weighted by Gasteiger charge is -2.10. The summed E-state index contributed by atoms with van der Waals surface area (Å²) in [5, 5.41) is 30.0. The average Bonchev–Trinajstić information content (AvgIpc) is 2.47. The summed E-state index contributed by atoms with van der Waals surface area (Å²) in [5.74, 6) is -0.436. The maximum atomic E-state index is 11.9. The van der Waals surface area contributed by atoms with Gasteiger partial charge in [-0.2, -0.15) is 5.26 Å². The molecular weight excluding hydrogens is 274 g/mol. The molecule has 0 unspecified atom stereocenters. The molecule has 1 heterocycles. The Morgan fingerprint density at radius 2 is 2.14 bits per heavy atom. The van der Waals surface area contributed by atoms with Crippen LogP contribution in [0.5, 0.6) is 5.88 Å². The van der Waals surface area contributed by atoms with Crippen LogP contribution in [-0.4, -0.2) is 14.6 Å². The molecule has 0 saturated heterocycles. The number of hydrogen-bond donors (Lipinski definition) is 1. The molecule has 21 heavy (non-hydrogen) atoms. The summed E-state index contributed by atoms with van der Waals surface area (Å²) in [5.41, 5.74) is -0.215. The summed E-state index contributed by atoms with van der Waals surface area (Å²) in [6.45, 7) is 1.88. The molecule has 0 atom stereocenters. The molecule has 0 aliphatic heterocycles. The molecule has 1 N–H and O–H groups in total. The quantitative estimate of drug-likeness (QED) is 0.685. The van der Waals surface area contributed by atoms with Crippen LogP contribution in [0.3, 0.4) is 0 Å². The number of nitrogens with zero attached hydrogens (tertiary/aromatic N) is 3. The van der Waals surface area contributed by atoms with Crippen molar-refractivity contribution in [2.45, 2.75) is 13.5 Å². The summed E-state index contributed by atoms with van der Waals surface area (Å²) in [6.07, 6.45) is 0. The van der Waals surface area contributed by atoms with E-state index in [9.17, 15) is 25.3 Å². The standard InChI is InChI=1S/C14H11N3O4/c1-2-16-13(18)7-11(12(8-15)14(16)19)9-4-3-5-10(6-9)17(20)21/h3-7,19H,2H2,1H3. The Kier molecular flexibility index (Phi) is 3.71. The maximum Gasteiger partial charge on any atom is 0.270 e. The first kappa shape index (κ1) is 14.3. The molecule has 0 bridgehead atoms. The molecule has 2 rings (SSSR count). The van der Waals surface area contributed by atoms with Crippen LogP contribution in [0.2, 0.25) is 0 Å². The third-order valence-electron chi connectivity index (χ3n) is 3.08. The Labute approximate surface area is 119 Å². The minimum absolute atomic E-state index is 0.0862. The summed E-state index contributed by atoms with van der Waals surface area (Å²) in [6, 6.07) is 8.59. The maximum absolute atomic E-state index is 11.9. The highest BCUT2D eigenvalue weighted by Crippen LogP contribution is 2.29. The number of rotatable bonds is 3. The monoisotopic (exact) mass is 285 g/mol. The van der Waals surface area contributed by atoms with Crippen molar-refractivity contribution < 1.29 is 10.0 Å². The predicted molar refractivity (Wildman–Crippen MR) is 74.8 cm³/mol. The van der Waals surface area contributed by atoms with Gasteiger partial charge in [-0.25, -0.2) is 0 Å². The third kappa shape index (κ3) is 2.47. The fourth-order valence-corrected chi connectivity index (χ4v) is 2.06. The molecule has 1 aromatic carbocycles. The van der Waals surface area contributed by atoms with Gasteiger partial charge >= 0.3 is 0 Å². The van der Waals surface area contributed by atoms with Gasteiger partial charge in [-0.15, -0.1) is 0 Å². The highest BCUT2D eigenvalue weighted by atomic mass is 16.6. The SMILES string of the molecule is CCn1c(O)c(C#N)c(-c2cccc([N+](=O)[O-])c2)cc1=O. The van der Waals surface area contributed by atoms with Crippen LogP contribution in [0.15, 0.2) is 35.1 Å². The van der Waals surface area contributed by atoms with Gasteiger partial charge in [-0.1, -0.05) is 12.1 Å². The van der Waals surface area contributed by atoms with Gasteiger partial charge in [0.25, 0.3) is 11.2 Å². The van der Waals surface area contributed by atoms with E-state index >= 15 is 0 Å². The van der Waals surface area contributed by atoms with E-state index in [-0.39, 0.29) is 23.4 Å². The Morgan fingerprint density at radius 3 is 2.71 bits per heavy atom. The zero-order chi connectivity index (χ0) is 15.6. The number of nitro groups is 1. The minimum Gasteiger partial charge on any atom is -0.493 e. The molecule has 1 aromatic heterocycles. The van der Waals surface area contributed by atoms with Crippen LogP contribution < -0.4 is 5.56 Å². The van der Waals surface area contributed by atoms with E-state index in [1.54, 1.807) is 13.0 Å². The Hall–Kier alpha value is -3.14. The van der Waals surface area contributed by atoms with Gasteiger partial charge in [0.15, 0.2) is 0 Å². The number of nitriles is 1. The molecular formula is C14H11N3O4. The van der Waals surface area contributed by atoms with Gasteiger partial charge in [0.2, 0.25) is 5.88 Å². The summed E-state index contributed by atoms with van der Waals surface area (Å²) >= 11 is 0. The molecule has 106 valence electrons. The third-order valence-corrected chi connectivity index (χ3v) is 3.08. The number of benzene rings is 1. The molecule has 2 aromatic rings. The lowest BCUT2D eigenvalue weighted by atomic mass is 10.0. The minimum atomic E-state index is -0.567. The number of hydrogen-bond acceptors (Lipinski definition) is 5. The lowest BCUT2D eigenvalue weighted by molar-refractivity contribution is -0.384. The second-order valence-corrected chi connectivity index (χ2v) is 4.26. The number of pyridine rings is 1.